The quantitative estimate of drug-likeness (QED) is 0.914. The fourth-order valence-electron chi connectivity index (χ4n) is 2.03. The second-order valence-corrected chi connectivity index (χ2v) is 7.46. The summed E-state index contributed by atoms with van der Waals surface area (Å²) in [5.74, 6) is 0. The SMILES string of the molecule is CC(NCc1ccccc1Cl)c1ccc(S(C)(=O)=O)cc1. The third-order valence-electron chi connectivity index (χ3n) is 3.36. The maximum Gasteiger partial charge on any atom is 0.175 e. The number of rotatable bonds is 5. The van der Waals surface area contributed by atoms with Crippen LogP contribution in [0.25, 0.3) is 0 Å². The molecule has 1 N–H and O–H groups in total. The van der Waals surface area contributed by atoms with E-state index in [2.05, 4.69) is 5.32 Å². The summed E-state index contributed by atoms with van der Waals surface area (Å²) in [6.07, 6.45) is 1.21. The molecule has 0 fully saturated rings. The Bertz CT molecular complexity index is 711. The monoisotopic (exact) mass is 323 g/mol. The summed E-state index contributed by atoms with van der Waals surface area (Å²) < 4.78 is 22.9. The zero-order valence-corrected chi connectivity index (χ0v) is 13.6. The molecular formula is C16H18ClNO2S. The molecule has 2 aromatic carbocycles. The lowest BCUT2D eigenvalue weighted by Gasteiger charge is -2.15. The van der Waals surface area contributed by atoms with Crippen molar-refractivity contribution in [1.29, 1.82) is 0 Å². The van der Waals surface area contributed by atoms with Crippen molar-refractivity contribution >= 4 is 21.4 Å². The van der Waals surface area contributed by atoms with Crippen molar-refractivity contribution in [3.05, 3.63) is 64.7 Å². The lowest BCUT2D eigenvalue weighted by molar-refractivity contribution is 0.574. The van der Waals surface area contributed by atoms with Crippen molar-refractivity contribution < 1.29 is 8.42 Å². The molecule has 0 spiro atoms. The van der Waals surface area contributed by atoms with Gasteiger partial charge < -0.3 is 5.32 Å². The third kappa shape index (κ3) is 4.30. The molecule has 0 aliphatic heterocycles. The lowest BCUT2D eigenvalue weighted by atomic mass is 10.1. The molecule has 1 unspecified atom stereocenters. The van der Waals surface area contributed by atoms with Crippen molar-refractivity contribution in [1.82, 2.24) is 5.32 Å². The summed E-state index contributed by atoms with van der Waals surface area (Å²) in [5.41, 5.74) is 2.08. The Morgan fingerprint density at radius 2 is 1.71 bits per heavy atom. The van der Waals surface area contributed by atoms with Crippen LogP contribution >= 0.6 is 11.6 Å². The topological polar surface area (TPSA) is 46.2 Å². The van der Waals surface area contributed by atoms with Gasteiger partial charge in [0.2, 0.25) is 0 Å². The zero-order chi connectivity index (χ0) is 15.5. The molecule has 2 aromatic rings. The van der Waals surface area contributed by atoms with E-state index in [4.69, 9.17) is 11.6 Å². The molecule has 0 aliphatic rings. The average Bonchev–Trinajstić information content (AvgIpc) is 2.45. The number of benzene rings is 2. The highest BCUT2D eigenvalue weighted by Crippen LogP contribution is 2.19. The van der Waals surface area contributed by atoms with Gasteiger partial charge in [0.15, 0.2) is 9.84 Å². The van der Waals surface area contributed by atoms with Gasteiger partial charge in [-0.2, -0.15) is 0 Å². The molecule has 1 atom stereocenters. The average molecular weight is 324 g/mol. The summed E-state index contributed by atoms with van der Waals surface area (Å²) >= 11 is 6.12. The van der Waals surface area contributed by atoms with Crippen LogP contribution in [-0.4, -0.2) is 14.7 Å². The first-order valence-electron chi connectivity index (χ1n) is 6.65. The van der Waals surface area contributed by atoms with E-state index in [0.29, 0.717) is 11.4 Å². The minimum atomic E-state index is -3.14. The van der Waals surface area contributed by atoms with Crippen molar-refractivity contribution in [3.63, 3.8) is 0 Å². The lowest BCUT2D eigenvalue weighted by Crippen LogP contribution is -2.18. The van der Waals surface area contributed by atoms with Gasteiger partial charge in [0.25, 0.3) is 0 Å². The van der Waals surface area contributed by atoms with Crippen LogP contribution in [-0.2, 0) is 16.4 Å². The predicted octanol–water partition coefficient (Wildman–Crippen LogP) is 3.59. The van der Waals surface area contributed by atoms with Gasteiger partial charge in [-0.3, -0.25) is 0 Å². The van der Waals surface area contributed by atoms with E-state index < -0.39 is 9.84 Å². The molecule has 0 saturated heterocycles. The van der Waals surface area contributed by atoms with Crippen molar-refractivity contribution in [2.75, 3.05) is 6.26 Å². The van der Waals surface area contributed by atoms with E-state index in [1.807, 2.05) is 43.3 Å². The van der Waals surface area contributed by atoms with Gasteiger partial charge in [-0.15, -0.1) is 0 Å². The molecule has 0 aliphatic carbocycles. The largest absolute Gasteiger partial charge is 0.306 e. The van der Waals surface area contributed by atoms with E-state index in [1.54, 1.807) is 12.1 Å². The summed E-state index contributed by atoms with van der Waals surface area (Å²) in [6, 6.07) is 14.7. The van der Waals surface area contributed by atoms with Crippen LogP contribution in [0.3, 0.4) is 0 Å². The van der Waals surface area contributed by atoms with Gasteiger partial charge in [-0.25, -0.2) is 8.42 Å². The molecule has 0 radical (unpaired) electrons. The van der Waals surface area contributed by atoms with Crippen LogP contribution in [0.15, 0.2) is 53.4 Å². The first kappa shape index (κ1) is 16.0. The molecule has 5 heteroatoms. The highest BCUT2D eigenvalue weighted by atomic mass is 35.5. The fourth-order valence-corrected chi connectivity index (χ4v) is 2.86. The Morgan fingerprint density at radius 3 is 2.29 bits per heavy atom. The van der Waals surface area contributed by atoms with Gasteiger partial charge in [0.1, 0.15) is 0 Å². The molecule has 0 amide bonds. The molecule has 112 valence electrons. The van der Waals surface area contributed by atoms with Crippen LogP contribution in [0.4, 0.5) is 0 Å². The standard InChI is InChI=1S/C16H18ClNO2S/c1-12(18-11-14-5-3-4-6-16(14)17)13-7-9-15(10-8-13)21(2,19)20/h3-10,12,18H,11H2,1-2H3. The zero-order valence-electron chi connectivity index (χ0n) is 12.0. The van der Waals surface area contributed by atoms with Crippen molar-refractivity contribution in [3.8, 4) is 0 Å². The van der Waals surface area contributed by atoms with E-state index in [9.17, 15) is 8.42 Å². The predicted molar refractivity (Wildman–Crippen MR) is 86.3 cm³/mol. The Labute approximate surface area is 130 Å². The van der Waals surface area contributed by atoms with Gasteiger partial charge in [0, 0.05) is 23.9 Å². The Morgan fingerprint density at radius 1 is 1.10 bits per heavy atom. The smallest absolute Gasteiger partial charge is 0.175 e. The second-order valence-electron chi connectivity index (χ2n) is 5.04. The third-order valence-corrected chi connectivity index (χ3v) is 4.86. The first-order valence-corrected chi connectivity index (χ1v) is 8.91. The summed E-state index contributed by atoms with van der Waals surface area (Å²) in [5, 5.41) is 4.12. The maximum atomic E-state index is 11.4. The van der Waals surface area contributed by atoms with E-state index >= 15 is 0 Å². The van der Waals surface area contributed by atoms with Crippen molar-refractivity contribution in [2.24, 2.45) is 0 Å². The molecule has 2 rings (SSSR count). The summed E-state index contributed by atoms with van der Waals surface area (Å²) in [6.45, 7) is 2.70. The Kier molecular flexibility index (Phi) is 5.04. The van der Waals surface area contributed by atoms with Crippen LogP contribution in [0.2, 0.25) is 5.02 Å². The van der Waals surface area contributed by atoms with Crippen LogP contribution < -0.4 is 5.32 Å². The van der Waals surface area contributed by atoms with Crippen LogP contribution in [0.5, 0.6) is 0 Å². The number of nitrogens with one attached hydrogen (secondary N) is 1. The number of hydrogen-bond donors (Lipinski definition) is 1. The van der Waals surface area contributed by atoms with Gasteiger partial charge >= 0.3 is 0 Å². The second kappa shape index (κ2) is 6.60. The number of halogens is 1. The minimum absolute atomic E-state index is 0.106. The minimum Gasteiger partial charge on any atom is -0.306 e. The molecule has 0 bridgehead atoms. The van der Waals surface area contributed by atoms with Crippen LogP contribution in [0.1, 0.15) is 24.1 Å². The normalized spacial score (nSPS) is 13.1. The van der Waals surface area contributed by atoms with Gasteiger partial charge in [0.05, 0.1) is 4.90 Å². The van der Waals surface area contributed by atoms with Crippen molar-refractivity contribution in [2.45, 2.75) is 24.4 Å². The number of hydrogen-bond acceptors (Lipinski definition) is 3. The maximum absolute atomic E-state index is 11.4. The Hall–Kier alpha value is -1.36. The number of sulfone groups is 1. The summed E-state index contributed by atoms with van der Waals surface area (Å²) in [7, 11) is -3.14. The van der Waals surface area contributed by atoms with Crippen LogP contribution in [0, 0.1) is 0 Å². The van der Waals surface area contributed by atoms with Gasteiger partial charge in [-0.05, 0) is 36.2 Å². The molecule has 0 heterocycles. The molecule has 0 aromatic heterocycles. The highest BCUT2D eigenvalue weighted by Gasteiger charge is 2.09. The molecule has 0 saturated carbocycles. The van der Waals surface area contributed by atoms with E-state index in [-0.39, 0.29) is 6.04 Å². The fraction of sp³-hybridized carbons (Fsp3) is 0.250. The van der Waals surface area contributed by atoms with E-state index in [0.717, 1.165) is 16.1 Å². The first-order chi connectivity index (χ1) is 9.88. The summed E-state index contributed by atoms with van der Waals surface area (Å²) in [4.78, 5) is 0.338. The van der Waals surface area contributed by atoms with E-state index in [1.165, 1.54) is 6.26 Å². The Balaban J connectivity index is 2.04. The highest BCUT2D eigenvalue weighted by molar-refractivity contribution is 7.90. The molecule has 21 heavy (non-hydrogen) atoms. The molecule has 3 nitrogen and oxygen atoms in total. The van der Waals surface area contributed by atoms with Gasteiger partial charge in [-0.1, -0.05) is 41.9 Å². The molecular weight excluding hydrogens is 306 g/mol.